The molecule has 0 bridgehead atoms. The van der Waals surface area contributed by atoms with Crippen molar-refractivity contribution in [2.75, 3.05) is 7.11 Å². The Labute approximate surface area is 120 Å². The Morgan fingerprint density at radius 3 is 2.35 bits per heavy atom. The van der Waals surface area contributed by atoms with E-state index in [4.69, 9.17) is 9.47 Å². The molecule has 1 heterocycles. The van der Waals surface area contributed by atoms with E-state index in [1.807, 2.05) is 49.0 Å². The number of aromatic nitrogens is 2. The summed E-state index contributed by atoms with van der Waals surface area (Å²) in [5.74, 6) is 1.49. The summed E-state index contributed by atoms with van der Waals surface area (Å²) >= 11 is 0. The van der Waals surface area contributed by atoms with E-state index in [1.165, 1.54) is 0 Å². The minimum atomic E-state index is 0.104. The molecule has 1 aromatic carbocycles. The number of rotatable bonds is 5. The van der Waals surface area contributed by atoms with Crippen LogP contribution in [0.2, 0.25) is 0 Å². The lowest BCUT2D eigenvalue weighted by Crippen LogP contribution is -2.06. The molecular weight excluding hydrogens is 252 g/mol. The highest BCUT2D eigenvalue weighted by Gasteiger charge is 2.11. The van der Waals surface area contributed by atoms with Crippen molar-refractivity contribution in [1.82, 2.24) is 9.78 Å². The largest absolute Gasteiger partial charge is 0.493 e. The van der Waals surface area contributed by atoms with Crippen molar-refractivity contribution in [3.63, 3.8) is 0 Å². The van der Waals surface area contributed by atoms with Gasteiger partial charge in [-0.3, -0.25) is 4.68 Å². The second-order valence-corrected chi connectivity index (χ2v) is 5.31. The Kier molecular flexibility index (Phi) is 4.32. The summed E-state index contributed by atoms with van der Waals surface area (Å²) in [7, 11) is 1.65. The normalized spacial score (nSPS) is 11.2. The molecule has 4 heteroatoms. The van der Waals surface area contributed by atoms with Gasteiger partial charge in [-0.15, -0.1) is 0 Å². The highest BCUT2D eigenvalue weighted by molar-refractivity contribution is 5.63. The van der Waals surface area contributed by atoms with E-state index >= 15 is 0 Å². The van der Waals surface area contributed by atoms with Gasteiger partial charge in [0.05, 0.1) is 18.9 Å². The molecule has 0 unspecified atom stereocenters. The molecule has 0 aliphatic heterocycles. The van der Waals surface area contributed by atoms with Crippen LogP contribution in [0.4, 0.5) is 0 Å². The average molecular weight is 274 g/mol. The molecule has 0 N–H and O–H groups in total. The Bertz CT molecular complexity index is 574. The van der Waals surface area contributed by atoms with E-state index in [9.17, 15) is 0 Å². The van der Waals surface area contributed by atoms with Gasteiger partial charge >= 0.3 is 0 Å². The number of nitrogens with zero attached hydrogens (tertiary/aromatic N) is 2. The summed E-state index contributed by atoms with van der Waals surface area (Å²) in [6.07, 6.45) is 2.10. The second kappa shape index (κ2) is 5.99. The quantitative estimate of drug-likeness (QED) is 0.829. The first-order chi connectivity index (χ1) is 9.51. The Balaban J connectivity index is 2.36. The summed E-state index contributed by atoms with van der Waals surface area (Å²) in [6.45, 7) is 8.22. The molecule has 0 atom stereocenters. The number of hydrogen-bond acceptors (Lipinski definition) is 3. The summed E-state index contributed by atoms with van der Waals surface area (Å²) in [6, 6.07) is 8.26. The molecule has 0 fully saturated rings. The van der Waals surface area contributed by atoms with Gasteiger partial charge in [0.1, 0.15) is 0 Å². The van der Waals surface area contributed by atoms with Crippen molar-refractivity contribution in [2.24, 2.45) is 0 Å². The van der Waals surface area contributed by atoms with Gasteiger partial charge in [-0.25, -0.2) is 0 Å². The number of benzene rings is 1. The standard InChI is InChI=1S/C16H22N2O2/c1-11(2)18-9-8-14(17-18)13-6-7-15(19-5)16(10-13)20-12(3)4/h6-12H,1-5H3. The molecule has 0 radical (unpaired) electrons. The summed E-state index contributed by atoms with van der Waals surface area (Å²) in [5.41, 5.74) is 1.97. The molecule has 0 aliphatic rings. The first kappa shape index (κ1) is 14.4. The van der Waals surface area contributed by atoms with E-state index in [2.05, 4.69) is 18.9 Å². The molecule has 2 aromatic rings. The monoisotopic (exact) mass is 274 g/mol. The molecule has 108 valence electrons. The predicted octanol–water partition coefficient (Wildman–Crippen LogP) is 3.93. The van der Waals surface area contributed by atoms with Crippen LogP contribution in [0.25, 0.3) is 11.3 Å². The maximum atomic E-state index is 5.79. The third-order valence-corrected chi connectivity index (χ3v) is 2.96. The molecular formula is C16H22N2O2. The van der Waals surface area contributed by atoms with Crippen LogP contribution in [-0.4, -0.2) is 23.0 Å². The minimum Gasteiger partial charge on any atom is -0.493 e. The van der Waals surface area contributed by atoms with Gasteiger partial charge in [0.25, 0.3) is 0 Å². The van der Waals surface area contributed by atoms with E-state index in [-0.39, 0.29) is 6.10 Å². The van der Waals surface area contributed by atoms with Gasteiger partial charge in [-0.1, -0.05) is 0 Å². The Hall–Kier alpha value is -1.97. The van der Waals surface area contributed by atoms with Crippen LogP contribution < -0.4 is 9.47 Å². The maximum absolute atomic E-state index is 5.79. The molecule has 20 heavy (non-hydrogen) atoms. The number of ether oxygens (including phenoxy) is 2. The maximum Gasteiger partial charge on any atom is 0.162 e. The zero-order valence-electron chi connectivity index (χ0n) is 12.8. The van der Waals surface area contributed by atoms with Gasteiger partial charge in [-0.2, -0.15) is 5.10 Å². The van der Waals surface area contributed by atoms with Gasteiger partial charge in [0.2, 0.25) is 0 Å². The van der Waals surface area contributed by atoms with Crippen LogP contribution in [0.5, 0.6) is 11.5 Å². The van der Waals surface area contributed by atoms with Crippen molar-refractivity contribution in [1.29, 1.82) is 0 Å². The van der Waals surface area contributed by atoms with Crippen molar-refractivity contribution < 1.29 is 9.47 Å². The Morgan fingerprint density at radius 1 is 1.05 bits per heavy atom. The molecule has 0 saturated heterocycles. The van der Waals surface area contributed by atoms with Crippen molar-refractivity contribution in [3.05, 3.63) is 30.5 Å². The lowest BCUT2D eigenvalue weighted by Gasteiger charge is -2.14. The number of hydrogen-bond donors (Lipinski definition) is 0. The first-order valence-electron chi connectivity index (χ1n) is 6.91. The zero-order valence-corrected chi connectivity index (χ0v) is 12.8. The van der Waals surface area contributed by atoms with Crippen LogP contribution in [-0.2, 0) is 0 Å². The summed E-state index contributed by atoms with van der Waals surface area (Å²) in [4.78, 5) is 0. The molecule has 0 saturated carbocycles. The molecule has 0 aliphatic carbocycles. The fourth-order valence-electron chi connectivity index (χ4n) is 1.96. The third-order valence-electron chi connectivity index (χ3n) is 2.96. The Morgan fingerprint density at radius 2 is 1.80 bits per heavy atom. The zero-order chi connectivity index (χ0) is 14.7. The molecule has 0 amide bonds. The second-order valence-electron chi connectivity index (χ2n) is 5.31. The van der Waals surface area contributed by atoms with E-state index < -0.39 is 0 Å². The smallest absolute Gasteiger partial charge is 0.162 e. The summed E-state index contributed by atoms with van der Waals surface area (Å²) < 4.78 is 13.1. The van der Waals surface area contributed by atoms with Crippen LogP contribution >= 0.6 is 0 Å². The number of methoxy groups -OCH3 is 1. The highest BCUT2D eigenvalue weighted by atomic mass is 16.5. The van der Waals surface area contributed by atoms with Crippen LogP contribution in [0.1, 0.15) is 33.7 Å². The van der Waals surface area contributed by atoms with Crippen LogP contribution in [0, 0.1) is 0 Å². The average Bonchev–Trinajstić information content (AvgIpc) is 2.87. The molecule has 0 spiro atoms. The topological polar surface area (TPSA) is 36.3 Å². The van der Waals surface area contributed by atoms with Gasteiger partial charge in [0, 0.05) is 17.8 Å². The molecule has 1 aromatic heterocycles. The molecule has 4 nitrogen and oxygen atoms in total. The predicted molar refractivity (Wildman–Crippen MR) is 80.4 cm³/mol. The van der Waals surface area contributed by atoms with E-state index in [0.29, 0.717) is 6.04 Å². The summed E-state index contributed by atoms with van der Waals surface area (Å²) in [5, 5.41) is 4.58. The van der Waals surface area contributed by atoms with Gasteiger partial charge in [-0.05, 0) is 52.0 Å². The minimum absolute atomic E-state index is 0.104. The van der Waals surface area contributed by atoms with Gasteiger partial charge in [0.15, 0.2) is 11.5 Å². The van der Waals surface area contributed by atoms with Gasteiger partial charge < -0.3 is 9.47 Å². The fourth-order valence-corrected chi connectivity index (χ4v) is 1.96. The van der Waals surface area contributed by atoms with E-state index in [1.54, 1.807) is 7.11 Å². The van der Waals surface area contributed by atoms with Crippen molar-refractivity contribution in [2.45, 2.75) is 39.8 Å². The fraction of sp³-hybridized carbons (Fsp3) is 0.438. The van der Waals surface area contributed by atoms with E-state index in [0.717, 1.165) is 22.8 Å². The SMILES string of the molecule is COc1ccc(-c2ccn(C(C)C)n2)cc1OC(C)C. The molecule has 2 rings (SSSR count). The highest BCUT2D eigenvalue weighted by Crippen LogP contribution is 2.32. The third kappa shape index (κ3) is 3.13. The lowest BCUT2D eigenvalue weighted by atomic mass is 10.1. The van der Waals surface area contributed by atoms with Crippen molar-refractivity contribution >= 4 is 0 Å². The first-order valence-corrected chi connectivity index (χ1v) is 6.91. The van der Waals surface area contributed by atoms with Crippen molar-refractivity contribution in [3.8, 4) is 22.8 Å². The lowest BCUT2D eigenvalue weighted by molar-refractivity contribution is 0.230. The van der Waals surface area contributed by atoms with Crippen LogP contribution in [0.3, 0.4) is 0 Å². The van der Waals surface area contributed by atoms with Crippen LogP contribution in [0.15, 0.2) is 30.5 Å².